The molecule has 3 aromatic heterocycles. The summed E-state index contributed by atoms with van der Waals surface area (Å²) >= 11 is 5.95. The molecule has 1 fully saturated rings. The zero-order valence-electron chi connectivity index (χ0n) is 18.9. The van der Waals surface area contributed by atoms with E-state index in [1.165, 1.54) is 0 Å². The van der Waals surface area contributed by atoms with Gasteiger partial charge in [-0.1, -0.05) is 11.6 Å². The van der Waals surface area contributed by atoms with Crippen LogP contribution in [-0.2, 0) is 4.79 Å². The first-order valence-electron chi connectivity index (χ1n) is 11.5. The summed E-state index contributed by atoms with van der Waals surface area (Å²) in [4.78, 5) is 23.1. The van der Waals surface area contributed by atoms with E-state index in [0.29, 0.717) is 22.6 Å². The minimum atomic E-state index is -0.725. The monoisotopic (exact) mass is 489 g/mol. The number of hydrogen-bond acceptors (Lipinski definition) is 6. The van der Waals surface area contributed by atoms with Crippen LogP contribution in [0.1, 0.15) is 32.1 Å². The standard InChI is InChI=1S/C26H24ClN5O3/c27-20-7-3-17(4-8-20)25-30-26(32-31-25)19-5-11-22(28-15-19)18-6-12-23(29-14-18)35-21-9-1-16(2-10-21)13-24(33)34/h3-8,11-12,14-16,21H,1-2,9-10,13H2,(H,33,34)(H,30,31,32)/t16-,21-. The minimum absolute atomic E-state index is 0.0791. The molecule has 0 aliphatic heterocycles. The molecule has 0 unspecified atom stereocenters. The molecule has 5 rings (SSSR count). The third kappa shape index (κ3) is 5.66. The summed E-state index contributed by atoms with van der Waals surface area (Å²) in [5.74, 6) is 1.39. The van der Waals surface area contributed by atoms with Crippen molar-refractivity contribution >= 4 is 17.6 Å². The fourth-order valence-corrected chi connectivity index (χ4v) is 4.43. The number of nitrogens with zero attached hydrogens (tertiary/aromatic N) is 4. The highest BCUT2D eigenvalue weighted by atomic mass is 35.5. The molecule has 8 nitrogen and oxygen atoms in total. The number of aromatic nitrogens is 5. The summed E-state index contributed by atoms with van der Waals surface area (Å²) in [5, 5.41) is 18.1. The molecule has 2 N–H and O–H groups in total. The smallest absolute Gasteiger partial charge is 0.303 e. The lowest BCUT2D eigenvalue weighted by Gasteiger charge is -2.27. The fraction of sp³-hybridized carbons (Fsp3) is 0.269. The van der Waals surface area contributed by atoms with Crippen LogP contribution >= 0.6 is 11.6 Å². The van der Waals surface area contributed by atoms with Crippen molar-refractivity contribution in [3.8, 4) is 39.9 Å². The van der Waals surface area contributed by atoms with Crippen molar-refractivity contribution in [3.05, 3.63) is 65.9 Å². The predicted molar refractivity (Wildman–Crippen MR) is 132 cm³/mol. The second-order valence-electron chi connectivity index (χ2n) is 8.70. The summed E-state index contributed by atoms with van der Waals surface area (Å²) in [6, 6.07) is 15.0. The number of H-pyrrole nitrogens is 1. The van der Waals surface area contributed by atoms with Gasteiger partial charge in [0, 0.05) is 46.6 Å². The number of pyridine rings is 2. The highest BCUT2D eigenvalue weighted by molar-refractivity contribution is 6.30. The van der Waals surface area contributed by atoms with Crippen LogP contribution in [0.2, 0.25) is 5.02 Å². The van der Waals surface area contributed by atoms with Crippen molar-refractivity contribution in [3.63, 3.8) is 0 Å². The van der Waals surface area contributed by atoms with E-state index < -0.39 is 5.97 Å². The minimum Gasteiger partial charge on any atom is -0.481 e. The van der Waals surface area contributed by atoms with Crippen LogP contribution < -0.4 is 4.74 Å². The van der Waals surface area contributed by atoms with Gasteiger partial charge in [0.05, 0.1) is 5.69 Å². The van der Waals surface area contributed by atoms with Crippen molar-refractivity contribution in [2.45, 2.75) is 38.2 Å². The number of aliphatic carboxylic acids is 1. The Kier molecular flexibility index (Phi) is 6.72. The molecular formula is C26H24ClN5O3. The molecule has 1 saturated carbocycles. The second-order valence-corrected chi connectivity index (χ2v) is 9.14. The van der Waals surface area contributed by atoms with Gasteiger partial charge >= 0.3 is 5.97 Å². The molecule has 4 aromatic rings. The molecule has 0 radical (unpaired) electrons. The number of halogens is 1. The Bertz CT molecular complexity index is 1280. The van der Waals surface area contributed by atoms with E-state index in [9.17, 15) is 4.79 Å². The van der Waals surface area contributed by atoms with Crippen LogP contribution in [0.25, 0.3) is 34.0 Å². The van der Waals surface area contributed by atoms with E-state index in [0.717, 1.165) is 48.1 Å². The van der Waals surface area contributed by atoms with Gasteiger partial charge in [-0.05, 0) is 74.1 Å². The van der Waals surface area contributed by atoms with Crippen molar-refractivity contribution in [2.75, 3.05) is 0 Å². The van der Waals surface area contributed by atoms with E-state index >= 15 is 0 Å². The van der Waals surface area contributed by atoms with Gasteiger partial charge in [-0.3, -0.25) is 9.78 Å². The maximum atomic E-state index is 10.9. The lowest BCUT2D eigenvalue weighted by atomic mass is 9.85. The molecule has 0 saturated heterocycles. The number of carboxylic acids is 1. The molecule has 0 spiro atoms. The van der Waals surface area contributed by atoms with E-state index in [2.05, 4.69) is 25.1 Å². The van der Waals surface area contributed by atoms with Gasteiger partial charge in [0.25, 0.3) is 0 Å². The van der Waals surface area contributed by atoms with Gasteiger partial charge < -0.3 is 14.8 Å². The maximum absolute atomic E-state index is 10.9. The summed E-state index contributed by atoms with van der Waals surface area (Å²) in [7, 11) is 0. The number of ether oxygens (including phenoxy) is 1. The molecule has 0 atom stereocenters. The summed E-state index contributed by atoms with van der Waals surface area (Å²) in [6.07, 6.45) is 7.27. The van der Waals surface area contributed by atoms with E-state index in [-0.39, 0.29) is 18.4 Å². The fourth-order valence-electron chi connectivity index (χ4n) is 4.31. The van der Waals surface area contributed by atoms with Crippen molar-refractivity contribution in [2.24, 2.45) is 5.92 Å². The molecule has 1 aliphatic rings. The SMILES string of the molecule is O=C(O)C[C@H]1CC[C@H](Oc2ccc(-c3ccc(-c4nnc(-c5ccc(Cl)cc5)[nH]4)cn3)cn2)CC1. The van der Waals surface area contributed by atoms with Crippen LogP contribution in [0.3, 0.4) is 0 Å². The van der Waals surface area contributed by atoms with Gasteiger partial charge in [0.1, 0.15) is 6.10 Å². The molecule has 0 amide bonds. The lowest BCUT2D eigenvalue weighted by Crippen LogP contribution is -2.25. The molecule has 9 heteroatoms. The zero-order chi connectivity index (χ0) is 24.2. The van der Waals surface area contributed by atoms with Crippen molar-refractivity contribution in [1.29, 1.82) is 0 Å². The number of carbonyl (C=O) groups is 1. The molecule has 0 bridgehead atoms. The maximum Gasteiger partial charge on any atom is 0.303 e. The third-order valence-electron chi connectivity index (χ3n) is 6.22. The van der Waals surface area contributed by atoms with Gasteiger partial charge in [-0.2, -0.15) is 0 Å². The molecule has 1 aliphatic carbocycles. The van der Waals surface area contributed by atoms with Crippen LogP contribution in [0, 0.1) is 5.92 Å². The molecule has 1 aromatic carbocycles. The van der Waals surface area contributed by atoms with E-state index in [4.69, 9.17) is 21.4 Å². The Morgan fingerprint density at radius 2 is 1.54 bits per heavy atom. The first kappa shape index (κ1) is 23.0. The lowest BCUT2D eigenvalue weighted by molar-refractivity contribution is -0.138. The van der Waals surface area contributed by atoms with Crippen molar-refractivity contribution in [1.82, 2.24) is 25.1 Å². The zero-order valence-corrected chi connectivity index (χ0v) is 19.7. The topological polar surface area (TPSA) is 114 Å². The number of rotatable bonds is 7. The quantitative estimate of drug-likeness (QED) is 0.344. The van der Waals surface area contributed by atoms with Crippen LogP contribution in [0.5, 0.6) is 5.88 Å². The first-order valence-corrected chi connectivity index (χ1v) is 11.9. The van der Waals surface area contributed by atoms with Gasteiger partial charge in [0.2, 0.25) is 5.88 Å². The summed E-state index contributed by atoms with van der Waals surface area (Å²) < 4.78 is 6.02. The number of aromatic amines is 1. The highest BCUT2D eigenvalue weighted by Crippen LogP contribution is 2.30. The summed E-state index contributed by atoms with van der Waals surface area (Å²) in [6.45, 7) is 0. The molecule has 3 heterocycles. The average molecular weight is 490 g/mol. The Morgan fingerprint density at radius 3 is 2.17 bits per heavy atom. The number of benzene rings is 1. The Morgan fingerprint density at radius 1 is 0.886 bits per heavy atom. The van der Waals surface area contributed by atoms with Crippen LogP contribution in [0.15, 0.2) is 60.9 Å². The number of hydrogen-bond donors (Lipinski definition) is 2. The second kappa shape index (κ2) is 10.2. The molecular weight excluding hydrogens is 466 g/mol. The molecule has 178 valence electrons. The Labute approximate surface area is 207 Å². The van der Waals surface area contributed by atoms with Gasteiger partial charge in [0.15, 0.2) is 11.6 Å². The summed E-state index contributed by atoms with van der Waals surface area (Å²) in [5.41, 5.74) is 3.40. The average Bonchev–Trinajstić information content (AvgIpc) is 3.36. The Balaban J connectivity index is 1.20. The first-order chi connectivity index (χ1) is 17.0. The number of nitrogens with one attached hydrogen (secondary N) is 1. The van der Waals surface area contributed by atoms with Crippen molar-refractivity contribution < 1.29 is 14.6 Å². The highest BCUT2D eigenvalue weighted by Gasteiger charge is 2.24. The van der Waals surface area contributed by atoms with Gasteiger partial charge in [-0.25, -0.2) is 4.98 Å². The van der Waals surface area contributed by atoms with Crippen LogP contribution in [-0.4, -0.2) is 42.3 Å². The Hall–Kier alpha value is -3.78. The van der Waals surface area contributed by atoms with Gasteiger partial charge in [-0.15, -0.1) is 10.2 Å². The van der Waals surface area contributed by atoms with Crippen LogP contribution in [0.4, 0.5) is 0 Å². The van der Waals surface area contributed by atoms with E-state index in [1.54, 1.807) is 12.4 Å². The normalized spacial score (nSPS) is 17.7. The molecule has 35 heavy (non-hydrogen) atoms. The largest absolute Gasteiger partial charge is 0.481 e. The predicted octanol–water partition coefficient (Wildman–Crippen LogP) is 5.66. The third-order valence-corrected chi connectivity index (χ3v) is 6.47. The van der Waals surface area contributed by atoms with E-state index in [1.807, 2.05) is 48.5 Å². The number of carboxylic acid groups (broad SMARTS) is 1.